The van der Waals surface area contributed by atoms with E-state index >= 15 is 0 Å². The first-order valence-electron chi connectivity index (χ1n) is 6.25. The Morgan fingerprint density at radius 3 is 2.61 bits per heavy atom. The number of hydrogen-bond acceptors (Lipinski definition) is 2. The second-order valence-electron chi connectivity index (χ2n) is 5.08. The van der Waals surface area contributed by atoms with Crippen molar-refractivity contribution in [1.29, 1.82) is 0 Å². The molecular weight excluding hydrogens is 231 g/mol. The normalized spacial score (nSPS) is 19.5. The smallest absolute Gasteiger partial charge is 0.217 e. The Kier molecular flexibility index (Phi) is 3.66. The van der Waals surface area contributed by atoms with E-state index in [1.165, 1.54) is 19.1 Å². The van der Waals surface area contributed by atoms with Crippen LogP contribution >= 0.6 is 0 Å². The first kappa shape index (κ1) is 13.0. The van der Waals surface area contributed by atoms with Gasteiger partial charge < -0.3 is 10.2 Å². The van der Waals surface area contributed by atoms with Crippen LogP contribution in [0.1, 0.15) is 25.3 Å². The molecule has 1 aliphatic rings. The molecule has 4 heteroatoms. The van der Waals surface area contributed by atoms with Crippen LogP contribution in [0.2, 0.25) is 0 Å². The third-order valence-electron chi connectivity index (χ3n) is 3.63. The van der Waals surface area contributed by atoms with Crippen LogP contribution in [-0.4, -0.2) is 30.9 Å². The SMILES string of the molecule is CC(=O)NC1(c2cccc(F)c2)CCN(C)CC1. The van der Waals surface area contributed by atoms with Crippen molar-refractivity contribution in [3.05, 3.63) is 35.6 Å². The van der Waals surface area contributed by atoms with Crippen LogP contribution in [0.4, 0.5) is 4.39 Å². The molecule has 0 spiro atoms. The van der Waals surface area contributed by atoms with E-state index in [2.05, 4.69) is 17.3 Å². The van der Waals surface area contributed by atoms with Gasteiger partial charge in [-0.1, -0.05) is 12.1 Å². The fourth-order valence-corrected chi connectivity index (χ4v) is 2.61. The van der Waals surface area contributed by atoms with E-state index in [-0.39, 0.29) is 11.7 Å². The van der Waals surface area contributed by atoms with Gasteiger partial charge in [-0.2, -0.15) is 0 Å². The molecule has 0 radical (unpaired) electrons. The van der Waals surface area contributed by atoms with E-state index in [1.54, 1.807) is 6.07 Å². The number of carbonyl (C=O) groups excluding carboxylic acids is 1. The Balaban J connectivity index is 2.33. The summed E-state index contributed by atoms with van der Waals surface area (Å²) in [6, 6.07) is 6.55. The largest absolute Gasteiger partial charge is 0.347 e. The second kappa shape index (κ2) is 5.06. The predicted octanol–water partition coefficient (Wildman–Crippen LogP) is 1.88. The number of piperidine rings is 1. The van der Waals surface area contributed by atoms with Crippen molar-refractivity contribution >= 4 is 5.91 Å². The molecule has 0 aromatic heterocycles. The zero-order valence-corrected chi connectivity index (χ0v) is 10.9. The van der Waals surface area contributed by atoms with E-state index in [0.29, 0.717) is 0 Å². The van der Waals surface area contributed by atoms with Crippen LogP contribution in [0.3, 0.4) is 0 Å². The van der Waals surface area contributed by atoms with Gasteiger partial charge in [0.1, 0.15) is 5.82 Å². The van der Waals surface area contributed by atoms with E-state index in [9.17, 15) is 9.18 Å². The Labute approximate surface area is 107 Å². The highest BCUT2D eigenvalue weighted by molar-refractivity contribution is 5.74. The molecule has 1 N–H and O–H groups in total. The van der Waals surface area contributed by atoms with Gasteiger partial charge in [-0.05, 0) is 37.6 Å². The number of rotatable bonds is 2. The lowest BCUT2D eigenvalue weighted by atomic mass is 9.81. The van der Waals surface area contributed by atoms with Crippen LogP contribution in [0.5, 0.6) is 0 Å². The highest BCUT2D eigenvalue weighted by Gasteiger charge is 2.36. The van der Waals surface area contributed by atoms with Gasteiger partial charge in [0.25, 0.3) is 0 Å². The summed E-state index contributed by atoms with van der Waals surface area (Å²) in [5.41, 5.74) is 0.450. The molecule has 1 aromatic rings. The first-order chi connectivity index (χ1) is 8.52. The van der Waals surface area contributed by atoms with Crippen molar-refractivity contribution < 1.29 is 9.18 Å². The van der Waals surface area contributed by atoms with Crippen molar-refractivity contribution in [2.45, 2.75) is 25.3 Å². The van der Waals surface area contributed by atoms with Crippen molar-refractivity contribution in [3.63, 3.8) is 0 Å². The number of halogens is 1. The minimum Gasteiger partial charge on any atom is -0.347 e. The molecule has 0 bridgehead atoms. The van der Waals surface area contributed by atoms with Crippen LogP contribution in [0.25, 0.3) is 0 Å². The predicted molar refractivity (Wildman–Crippen MR) is 68.6 cm³/mol. The van der Waals surface area contributed by atoms with Crippen LogP contribution in [-0.2, 0) is 10.3 Å². The Morgan fingerprint density at radius 1 is 1.39 bits per heavy atom. The van der Waals surface area contributed by atoms with E-state index in [0.717, 1.165) is 31.5 Å². The molecule has 0 unspecified atom stereocenters. The van der Waals surface area contributed by atoms with E-state index in [4.69, 9.17) is 0 Å². The number of nitrogens with zero attached hydrogens (tertiary/aromatic N) is 1. The molecule has 0 saturated carbocycles. The lowest BCUT2D eigenvalue weighted by Crippen LogP contribution is -2.51. The molecule has 2 rings (SSSR count). The lowest BCUT2D eigenvalue weighted by molar-refractivity contribution is -0.121. The molecular formula is C14H19FN2O. The van der Waals surface area contributed by atoms with Gasteiger partial charge in [-0.15, -0.1) is 0 Å². The number of nitrogens with one attached hydrogen (secondary N) is 1. The number of hydrogen-bond donors (Lipinski definition) is 1. The number of carbonyl (C=O) groups is 1. The summed E-state index contributed by atoms with van der Waals surface area (Å²) in [5.74, 6) is -0.319. The van der Waals surface area contributed by atoms with Gasteiger partial charge in [0.2, 0.25) is 5.91 Å². The van der Waals surface area contributed by atoms with Gasteiger partial charge in [0.05, 0.1) is 5.54 Å². The topological polar surface area (TPSA) is 32.3 Å². The minimum atomic E-state index is -0.416. The fraction of sp³-hybridized carbons (Fsp3) is 0.500. The maximum Gasteiger partial charge on any atom is 0.217 e. The molecule has 1 amide bonds. The minimum absolute atomic E-state index is 0.0659. The molecule has 3 nitrogen and oxygen atoms in total. The summed E-state index contributed by atoms with van der Waals surface area (Å²) in [7, 11) is 2.06. The number of likely N-dealkylation sites (tertiary alicyclic amines) is 1. The summed E-state index contributed by atoms with van der Waals surface area (Å²) in [4.78, 5) is 13.7. The maximum atomic E-state index is 13.4. The zero-order valence-electron chi connectivity index (χ0n) is 10.9. The molecule has 0 atom stereocenters. The highest BCUT2D eigenvalue weighted by Crippen LogP contribution is 2.32. The van der Waals surface area contributed by atoms with Crippen LogP contribution in [0, 0.1) is 5.82 Å². The van der Waals surface area contributed by atoms with Crippen molar-refractivity contribution in [2.24, 2.45) is 0 Å². The van der Waals surface area contributed by atoms with Crippen molar-refractivity contribution in [3.8, 4) is 0 Å². The van der Waals surface area contributed by atoms with Gasteiger partial charge in [-0.25, -0.2) is 4.39 Å². The summed E-state index contributed by atoms with van der Waals surface area (Å²) < 4.78 is 13.4. The molecule has 0 aliphatic carbocycles. The second-order valence-corrected chi connectivity index (χ2v) is 5.08. The van der Waals surface area contributed by atoms with Crippen LogP contribution in [0.15, 0.2) is 24.3 Å². The zero-order chi connectivity index (χ0) is 13.2. The van der Waals surface area contributed by atoms with Gasteiger partial charge in [-0.3, -0.25) is 4.79 Å². The molecule has 1 saturated heterocycles. The summed E-state index contributed by atoms with van der Waals surface area (Å²) in [6.07, 6.45) is 1.62. The van der Waals surface area contributed by atoms with Crippen LogP contribution < -0.4 is 5.32 Å². The maximum absolute atomic E-state index is 13.4. The monoisotopic (exact) mass is 250 g/mol. The van der Waals surface area contributed by atoms with Crippen molar-refractivity contribution in [2.75, 3.05) is 20.1 Å². The Bertz CT molecular complexity index is 439. The molecule has 1 aliphatic heterocycles. The highest BCUT2D eigenvalue weighted by atomic mass is 19.1. The van der Waals surface area contributed by atoms with E-state index in [1.807, 2.05) is 6.07 Å². The van der Waals surface area contributed by atoms with Crippen molar-refractivity contribution in [1.82, 2.24) is 10.2 Å². The number of amides is 1. The standard InChI is InChI=1S/C14H19FN2O/c1-11(18)16-14(6-8-17(2)9-7-14)12-4-3-5-13(15)10-12/h3-5,10H,6-9H2,1-2H3,(H,16,18). The summed E-state index contributed by atoms with van der Waals surface area (Å²) in [6.45, 7) is 3.31. The molecule has 18 heavy (non-hydrogen) atoms. The first-order valence-corrected chi connectivity index (χ1v) is 6.25. The third kappa shape index (κ3) is 2.70. The van der Waals surface area contributed by atoms with Gasteiger partial charge in [0.15, 0.2) is 0 Å². The lowest BCUT2D eigenvalue weighted by Gasteiger charge is -2.41. The van der Waals surface area contributed by atoms with E-state index < -0.39 is 5.54 Å². The third-order valence-corrected chi connectivity index (χ3v) is 3.63. The van der Waals surface area contributed by atoms with Gasteiger partial charge >= 0.3 is 0 Å². The average molecular weight is 250 g/mol. The Hall–Kier alpha value is -1.42. The summed E-state index contributed by atoms with van der Waals surface area (Å²) >= 11 is 0. The quantitative estimate of drug-likeness (QED) is 0.869. The Morgan fingerprint density at radius 2 is 2.06 bits per heavy atom. The van der Waals surface area contributed by atoms with Gasteiger partial charge in [0, 0.05) is 20.0 Å². The molecule has 1 fully saturated rings. The number of benzene rings is 1. The average Bonchev–Trinajstić information content (AvgIpc) is 2.32. The fourth-order valence-electron chi connectivity index (χ4n) is 2.61. The molecule has 1 aromatic carbocycles. The molecule has 98 valence electrons. The molecule has 1 heterocycles. The summed E-state index contributed by atoms with van der Waals surface area (Å²) in [5, 5.41) is 3.03.